The lowest BCUT2D eigenvalue weighted by Gasteiger charge is -2.15. The quantitative estimate of drug-likeness (QED) is 0.813. The molecular formula is C14H17N3O4. The van der Waals surface area contributed by atoms with Gasteiger partial charge in [-0.15, -0.1) is 0 Å². The Bertz CT molecular complexity index is 717. The number of esters is 1. The van der Waals surface area contributed by atoms with Crippen molar-refractivity contribution in [3.05, 3.63) is 45.6 Å². The molecule has 0 aromatic carbocycles. The van der Waals surface area contributed by atoms with Crippen LogP contribution in [-0.4, -0.2) is 33.0 Å². The molecule has 2 rings (SSSR count). The number of carbonyl (C=O) groups excluding carboxylic acids is 1. The topological polar surface area (TPSA) is 97.2 Å². The first-order chi connectivity index (χ1) is 9.92. The van der Waals surface area contributed by atoms with Crippen molar-refractivity contribution >= 4 is 5.97 Å². The number of nitrogens with zero attached hydrogens (tertiary/aromatic N) is 2. The summed E-state index contributed by atoms with van der Waals surface area (Å²) < 4.78 is 6.24. The van der Waals surface area contributed by atoms with E-state index in [1.807, 2.05) is 0 Å². The molecule has 0 radical (unpaired) electrons. The van der Waals surface area contributed by atoms with E-state index < -0.39 is 17.4 Å². The maximum atomic E-state index is 12.2. The highest BCUT2D eigenvalue weighted by Crippen LogP contribution is 2.31. The first-order valence-corrected chi connectivity index (χ1v) is 6.40. The molecule has 0 fully saturated rings. The molecular weight excluding hydrogens is 274 g/mol. The maximum absolute atomic E-state index is 12.2. The molecule has 0 aliphatic heterocycles. The Balaban J connectivity index is 2.55. The normalized spacial score (nSPS) is 12.1. The van der Waals surface area contributed by atoms with Crippen molar-refractivity contribution in [2.45, 2.75) is 19.3 Å². The first kappa shape index (κ1) is 14.8. The third kappa shape index (κ3) is 3.13. The van der Waals surface area contributed by atoms with Crippen molar-refractivity contribution in [3.63, 3.8) is 0 Å². The van der Waals surface area contributed by atoms with Crippen molar-refractivity contribution in [1.82, 2.24) is 14.8 Å². The summed E-state index contributed by atoms with van der Waals surface area (Å²) in [7, 11) is 3.01. The lowest BCUT2D eigenvalue weighted by Crippen LogP contribution is -2.20. The van der Waals surface area contributed by atoms with Crippen LogP contribution in [0.5, 0.6) is 5.75 Å². The van der Waals surface area contributed by atoms with Crippen LogP contribution in [0.3, 0.4) is 0 Å². The molecule has 0 aliphatic carbocycles. The SMILES string of the molecule is COC(=O)C[C@@H](c1cnn(C)c1)c1c(O)cc(C)[nH]c1=O. The van der Waals surface area contributed by atoms with E-state index in [0.29, 0.717) is 11.3 Å². The van der Waals surface area contributed by atoms with Crippen LogP contribution in [-0.2, 0) is 16.6 Å². The molecule has 0 aliphatic rings. The predicted molar refractivity (Wildman–Crippen MR) is 75.1 cm³/mol. The van der Waals surface area contributed by atoms with Crippen LogP contribution in [0.25, 0.3) is 0 Å². The molecule has 2 aromatic rings. The van der Waals surface area contributed by atoms with Crippen molar-refractivity contribution < 1.29 is 14.6 Å². The minimum atomic E-state index is -0.615. The minimum absolute atomic E-state index is 0.0537. The summed E-state index contributed by atoms with van der Waals surface area (Å²) in [5.41, 5.74) is 0.918. The standard InChI is InChI=1S/C14H17N3O4/c1-8-4-11(18)13(14(20)16-8)10(5-12(19)21-3)9-6-15-17(2)7-9/h4,6-7,10H,5H2,1-3H3,(H2,16,18,20)/t10-/m0/s1. The average Bonchev–Trinajstić information content (AvgIpc) is 2.82. The Morgan fingerprint density at radius 2 is 2.29 bits per heavy atom. The zero-order chi connectivity index (χ0) is 15.6. The Morgan fingerprint density at radius 1 is 1.57 bits per heavy atom. The molecule has 0 spiro atoms. The highest BCUT2D eigenvalue weighted by atomic mass is 16.5. The summed E-state index contributed by atoms with van der Waals surface area (Å²) in [5, 5.41) is 14.1. The number of aromatic nitrogens is 3. The lowest BCUT2D eigenvalue weighted by atomic mass is 9.90. The number of nitrogens with one attached hydrogen (secondary N) is 1. The number of rotatable bonds is 4. The first-order valence-electron chi connectivity index (χ1n) is 6.40. The van der Waals surface area contributed by atoms with Gasteiger partial charge in [0, 0.05) is 24.9 Å². The molecule has 7 heteroatoms. The van der Waals surface area contributed by atoms with Gasteiger partial charge in [-0.2, -0.15) is 5.10 Å². The highest BCUT2D eigenvalue weighted by Gasteiger charge is 2.26. The monoisotopic (exact) mass is 291 g/mol. The maximum Gasteiger partial charge on any atom is 0.306 e. The summed E-state index contributed by atoms with van der Waals surface area (Å²) in [6.45, 7) is 1.67. The number of carbonyl (C=O) groups is 1. The molecule has 0 saturated heterocycles. The fourth-order valence-electron chi connectivity index (χ4n) is 2.28. The van der Waals surface area contributed by atoms with Crippen LogP contribution < -0.4 is 5.56 Å². The minimum Gasteiger partial charge on any atom is -0.507 e. The van der Waals surface area contributed by atoms with E-state index in [1.54, 1.807) is 31.0 Å². The Hall–Kier alpha value is -2.57. The van der Waals surface area contributed by atoms with Crippen LogP contribution in [0.1, 0.15) is 29.2 Å². The molecule has 0 unspecified atom stereocenters. The van der Waals surface area contributed by atoms with Gasteiger partial charge in [-0.3, -0.25) is 14.3 Å². The van der Waals surface area contributed by atoms with E-state index in [9.17, 15) is 14.7 Å². The fraction of sp³-hybridized carbons (Fsp3) is 0.357. The van der Waals surface area contributed by atoms with Gasteiger partial charge < -0.3 is 14.8 Å². The Labute approximate surface area is 121 Å². The number of methoxy groups -OCH3 is 1. The molecule has 1 atom stereocenters. The van der Waals surface area contributed by atoms with Gasteiger partial charge in [-0.25, -0.2) is 0 Å². The Kier molecular flexibility index (Phi) is 4.11. The van der Waals surface area contributed by atoms with Crippen molar-refractivity contribution in [3.8, 4) is 5.75 Å². The largest absolute Gasteiger partial charge is 0.507 e. The molecule has 112 valence electrons. The highest BCUT2D eigenvalue weighted by molar-refractivity contribution is 5.71. The molecule has 2 N–H and O–H groups in total. The van der Waals surface area contributed by atoms with E-state index in [-0.39, 0.29) is 17.7 Å². The van der Waals surface area contributed by atoms with E-state index in [0.717, 1.165) is 0 Å². The van der Waals surface area contributed by atoms with E-state index in [4.69, 9.17) is 0 Å². The Morgan fingerprint density at radius 3 is 2.81 bits per heavy atom. The van der Waals surface area contributed by atoms with Gasteiger partial charge in [-0.05, 0) is 18.6 Å². The molecule has 2 heterocycles. The zero-order valence-corrected chi connectivity index (χ0v) is 12.1. The van der Waals surface area contributed by atoms with Crippen LogP contribution in [0.4, 0.5) is 0 Å². The zero-order valence-electron chi connectivity index (χ0n) is 12.1. The van der Waals surface area contributed by atoms with E-state index in [2.05, 4.69) is 14.8 Å². The van der Waals surface area contributed by atoms with Crippen molar-refractivity contribution in [2.75, 3.05) is 7.11 Å². The lowest BCUT2D eigenvalue weighted by molar-refractivity contribution is -0.140. The van der Waals surface area contributed by atoms with E-state index >= 15 is 0 Å². The van der Waals surface area contributed by atoms with Crippen LogP contribution in [0, 0.1) is 6.92 Å². The van der Waals surface area contributed by atoms with Gasteiger partial charge in [0.05, 0.1) is 25.3 Å². The van der Waals surface area contributed by atoms with E-state index in [1.165, 1.54) is 13.2 Å². The van der Waals surface area contributed by atoms with Crippen LogP contribution in [0.15, 0.2) is 23.3 Å². The average molecular weight is 291 g/mol. The number of aromatic amines is 1. The second kappa shape index (κ2) is 5.82. The van der Waals surface area contributed by atoms with Gasteiger partial charge in [0.25, 0.3) is 5.56 Å². The molecule has 2 aromatic heterocycles. The molecule has 0 saturated carbocycles. The van der Waals surface area contributed by atoms with Gasteiger partial charge >= 0.3 is 5.97 Å². The number of aromatic hydroxyl groups is 1. The number of pyridine rings is 1. The fourth-order valence-corrected chi connectivity index (χ4v) is 2.28. The number of H-pyrrole nitrogens is 1. The summed E-state index contributed by atoms with van der Waals surface area (Å²) in [5.74, 6) is -1.23. The summed E-state index contributed by atoms with van der Waals surface area (Å²) in [4.78, 5) is 26.4. The molecule has 0 amide bonds. The number of aryl methyl sites for hydroxylation is 2. The third-order valence-corrected chi connectivity index (χ3v) is 3.26. The smallest absolute Gasteiger partial charge is 0.306 e. The number of ether oxygens (including phenoxy) is 1. The number of hydrogen-bond donors (Lipinski definition) is 2. The van der Waals surface area contributed by atoms with Gasteiger partial charge in [0.2, 0.25) is 0 Å². The summed E-state index contributed by atoms with van der Waals surface area (Å²) >= 11 is 0. The van der Waals surface area contributed by atoms with Crippen LogP contribution >= 0.6 is 0 Å². The van der Waals surface area contributed by atoms with Crippen LogP contribution in [0.2, 0.25) is 0 Å². The van der Waals surface area contributed by atoms with Gasteiger partial charge in [-0.1, -0.05) is 0 Å². The second-order valence-corrected chi connectivity index (χ2v) is 4.86. The van der Waals surface area contributed by atoms with Crippen molar-refractivity contribution in [2.24, 2.45) is 7.05 Å². The second-order valence-electron chi connectivity index (χ2n) is 4.86. The number of hydrogen-bond acceptors (Lipinski definition) is 5. The molecule has 21 heavy (non-hydrogen) atoms. The summed E-state index contributed by atoms with van der Waals surface area (Å²) in [6.07, 6.45) is 3.21. The predicted octanol–water partition coefficient (Wildman–Crippen LogP) is 0.817. The summed E-state index contributed by atoms with van der Waals surface area (Å²) in [6, 6.07) is 1.46. The molecule has 7 nitrogen and oxygen atoms in total. The van der Waals surface area contributed by atoms with Gasteiger partial charge in [0.1, 0.15) is 5.75 Å². The van der Waals surface area contributed by atoms with Crippen molar-refractivity contribution in [1.29, 1.82) is 0 Å². The third-order valence-electron chi connectivity index (χ3n) is 3.26. The molecule has 0 bridgehead atoms. The van der Waals surface area contributed by atoms with Gasteiger partial charge in [0.15, 0.2) is 0 Å².